The number of nitrogens with two attached hydrogens (primary N) is 1. The van der Waals surface area contributed by atoms with Crippen molar-refractivity contribution in [2.24, 2.45) is 0 Å². The third-order valence-electron chi connectivity index (χ3n) is 10.1. The number of carbonyl (C=O) groups is 2. The topological polar surface area (TPSA) is 207 Å². The molecular weight excluding hydrogens is 701 g/mol. The average molecular weight is 745 g/mol. The van der Waals surface area contributed by atoms with Crippen molar-refractivity contribution in [2.45, 2.75) is 46.1 Å². The van der Waals surface area contributed by atoms with E-state index in [0.717, 1.165) is 16.7 Å². The van der Waals surface area contributed by atoms with Crippen molar-refractivity contribution in [3.05, 3.63) is 111 Å². The van der Waals surface area contributed by atoms with E-state index in [1.54, 1.807) is 12.3 Å². The van der Waals surface area contributed by atoms with Crippen LogP contribution in [0.25, 0.3) is 33.5 Å². The molecule has 0 unspecified atom stereocenters. The molecule has 0 aliphatic carbocycles. The number of carbonyl (C=O) groups excluding carboxylic acids is 2. The van der Waals surface area contributed by atoms with E-state index in [9.17, 15) is 24.6 Å². The number of phenolic OH excluding ortho intramolecular Hbond substituents is 2. The van der Waals surface area contributed by atoms with Crippen molar-refractivity contribution in [1.82, 2.24) is 35.2 Å². The summed E-state index contributed by atoms with van der Waals surface area (Å²) >= 11 is 0. The van der Waals surface area contributed by atoms with E-state index in [0.29, 0.717) is 91.0 Å². The van der Waals surface area contributed by atoms with Gasteiger partial charge < -0.3 is 35.7 Å². The van der Waals surface area contributed by atoms with Gasteiger partial charge in [0, 0.05) is 57.1 Å². The number of rotatable bonds is 11. The van der Waals surface area contributed by atoms with E-state index in [-0.39, 0.29) is 46.3 Å². The highest BCUT2D eigenvalue weighted by atomic mass is 16.5. The fourth-order valence-electron chi connectivity index (χ4n) is 7.12. The van der Waals surface area contributed by atoms with Gasteiger partial charge in [-0.15, -0.1) is 0 Å². The van der Waals surface area contributed by atoms with Crippen molar-refractivity contribution < 1.29 is 24.3 Å². The Morgan fingerprint density at radius 3 is 2.36 bits per heavy atom. The number of nitrogens with one attached hydrogen (secondary N) is 3. The van der Waals surface area contributed by atoms with E-state index in [1.165, 1.54) is 6.07 Å². The lowest BCUT2D eigenvalue weighted by Crippen LogP contribution is -2.48. The van der Waals surface area contributed by atoms with Crippen LogP contribution >= 0.6 is 0 Å². The summed E-state index contributed by atoms with van der Waals surface area (Å²) in [6.45, 7) is 9.39. The number of aromatic hydroxyl groups is 2. The molecule has 4 heterocycles. The number of aromatic nitrogens is 4. The Morgan fingerprint density at radius 1 is 0.964 bits per heavy atom. The lowest BCUT2D eigenvalue weighted by molar-refractivity contribution is 0.0628. The number of nitrogens with zero attached hydrogens (tertiary/aromatic N) is 4. The maximum absolute atomic E-state index is 13.4. The lowest BCUT2D eigenvalue weighted by atomic mass is 9.94. The Kier molecular flexibility index (Phi) is 10.4. The van der Waals surface area contributed by atoms with Crippen molar-refractivity contribution in [2.75, 3.05) is 38.5 Å². The summed E-state index contributed by atoms with van der Waals surface area (Å²) in [6, 6.07) is 18.4. The minimum atomic E-state index is -0.396. The van der Waals surface area contributed by atoms with Crippen LogP contribution in [0, 0.1) is 0 Å². The highest BCUT2D eigenvalue weighted by Crippen LogP contribution is 2.43. The maximum Gasteiger partial charge on any atom is 0.274 e. The number of H-pyrrole nitrogens is 2. The van der Waals surface area contributed by atoms with Gasteiger partial charge in [-0.3, -0.25) is 24.3 Å². The van der Waals surface area contributed by atoms with Gasteiger partial charge in [-0.2, -0.15) is 4.98 Å². The van der Waals surface area contributed by atoms with Crippen LogP contribution in [0.4, 0.5) is 5.95 Å². The minimum Gasteiger partial charge on any atom is -0.508 e. The normalized spacial score (nSPS) is 13.5. The molecule has 0 spiro atoms. The molecule has 0 radical (unpaired) electrons. The SMILES string of the molecule is CCNC(=O)c1noc(-c2cc(C(C)C)c(O)cc2O)c1-c1ccc(CN2CCN(C(=O)c3ccc(CCc4c[nH]c5nc(N)[nH]c(=O)c45)cc3)CC2)cc1. The van der Waals surface area contributed by atoms with Gasteiger partial charge in [0.2, 0.25) is 5.95 Å². The van der Waals surface area contributed by atoms with Crippen LogP contribution in [0.15, 0.2) is 76.2 Å². The zero-order valence-corrected chi connectivity index (χ0v) is 31.0. The largest absolute Gasteiger partial charge is 0.508 e. The first-order valence-corrected chi connectivity index (χ1v) is 18.4. The Labute approximate surface area is 317 Å². The number of benzene rings is 3. The summed E-state index contributed by atoms with van der Waals surface area (Å²) in [5.41, 5.74) is 11.7. The number of hydrogen-bond donors (Lipinski definition) is 6. The molecule has 14 nitrogen and oxygen atoms in total. The number of hydrogen-bond acceptors (Lipinski definition) is 10. The molecule has 0 saturated carbocycles. The zero-order valence-electron chi connectivity index (χ0n) is 31.0. The highest BCUT2D eigenvalue weighted by molar-refractivity contribution is 6.02. The molecule has 1 aliphatic rings. The summed E-state index contributed by atoms with van der Waals surface area (Å²) in [4.78, 5) is 52.7. The summed E-state index contributed by atoms with van der Waals surface area (Å²) < 4.78 is 5.71. The van der Waals surface area contributed by atoms with Crippen LogP contribution in [0.5, 0.6) is 11.5 Å². The van der Waals surface area contributed by atoms with Gasteiger partial charge in [0.1, 0.15) is 17.1 Å². The molecule has 7 N–H and O–H groups in total. The van der Waals surface area contributed by atoms with Crippen LogP contribution in [-0.4, -0.2) is 84.7 Å². The van der Waals surface area contributed by atoms with Crippen LogP contribution in [0.1, 0.15) is 69.8 Å². The van der Waals surface area contributed by atoms with Gasteiger partial charge in [-0.1, -0.05) is 55.4 Å². The van der Waals surface area contributed by atoms with Gasteiger partial charge in [-0.05, 0) is 71.7 Å². The Morgan fingerprint density at radius 2 is 1.67 bits per heavy atom. The van der Waals surface area contributed by atoms with Crippen LogP contribution in [0.3, 0.4) is 0 Å². The van der Waals surface area contributed by atoms with Gasteiger partial charge in [0.05, 0.1) is 16.5 Å². The summed E-state index contributed by atoms with van der Waals surface area (Å²) in [6.07, 6.45) is 3.12. The monoisotopic (exact) mass is 744 g/mol. The third-order valence-corrected chi connectivity index (χ3v) is 10.1. The average Bonchev–Trinajstić information content (AvgIpc) is 3.79. The van der Waals surface area contributed by atoms with E-state index in [2.05, 4.69) is 30.3 Å². The number of amides is 2. The predicted molar refractivity (Wildman–Crippen MR) is 209 cm³/mol. The first kappa shape index (κ1) is 36.9. The Balaban J connectivity index is 0.980. The Hall–Kier alpha value is -6.41. The van der Waals surface area contributed by atoms with Crippen molar-refractivity contribution in [1.29, 1.82) is 0 Å². The quantitative estimate of drug-likeness (QED) is 0.102. The second-order valence-corrected chi connectivity index (χ2v) is 14.1. The molecule has 1 aliphatic heterocycles. The molecule has 1 fully saturated rings. The van der Waals surface area contributed by atoms with E-state index in [1.807, 2.05) is 74.2 Å². The standard InChI is InChI=1S/C41H44N8O6/c1-4-43-39(53)35-33(36(55-47-35)30-19-29(23(2)3)31(50)20-32(30)51)26-10-8-25(9-11-26)22-48-15-17-49(18-16-48)40(54)27-12-5-24(6-13-27)7-14-28-21-44-37-34(28)38(52)46-41(42)45-37/h5-6,8-13,19-21,23,50-51H,4,7,14-18,22H2,1-3H3,(H,43,53)(H4,42,44,45,46,52). The molecule has 6 aromatic rings. The minimum absolute atomic E-state index is 0.00463. The molecule has 1 saturated heterocycles. The third kappa shape index (κ3) is 7.67. The number of piperazine rings is 1. The van der Waals surface area contributed by atoms with E-state index in [4.69, 9.17) is 10.3 Å². The second-order valence-electron chi connectivity index (χ2n) is 14.1. The molecule has 284 valence electrons. The number of aryl methyl sites for hydroxylation is 2. The number of aromatic amines is 2. The molecule has 14 heteroatoms. The summed E-state index contributed by atoms with van der Waals surface area (Å²) in [5, 5.41) is 28.6. The van der Waals surface area contributed by atoms with E-state index < -0.39 is 5.91 Å². The van der Waals surface area contributed by atoms with Crippen LogP contribution in [0.2, 0.25) is 0 Å². The van der Waals surface area contributed by atoms with Crippen LogP contribution < -0.4 is 16.6 Å². The zero-order chi connectivity index (χ0) is 38.8. The maximum atomic E-state index is 13.4. The van der Waals surface area contributed by atoms with Gasteiger partial charge in [0.25, 0.3) is 17.4 Å². The molecule has 0 atom stereocenters. The smallest absolute Gasteiger partial charge is 0.274 e. The van der Waals surface area contributed by atoms with Gasteiger partial charge >= 0.3 is 0 Å². The van der Waals surface area contributed by atoms with Crippen molar-refractivity contribution >= 4 is 28.8 Å². The lowest BCUT2D eigenvalue weighted by Gasteiger charge is -2.34. The van der Waals surface area contributed by atoms with Crippen molar-refractivity contribution in [3.63, 3.8) is 0 Å². The fraction of sp³-hybridized carbons (Fsp3) is 0.293. The molecule has 7 rings (SSSR count). The number of nitrogen functional groups attached to an aromatic ring is 1. The molecule has 2 amide bonds. The first-order valence-electron chi connectivity index (χ1n) is 18.4. The number of anilines is 1. The van der Waals surface area contributed by atoms with E-state index >= 15 is 0 Å². The predicted octanol–water partition coefficient (Wildman–Crippen LogP) is 5.18. The summed E-state index contributed by atoms with van der Waals surface area (Å²) in [5.74, 6) is -0.329. The Bertz CT molecular complexity index is 2400. The number of phenols is 2. The molecule has 0 bridgehead atoms. The molecule has 3 aromatic carbocycles. The van der Waals surface area contributed by atoms with Crippen LogP contribution in [-0.2, 0) is 19.4 Å². The molecule has 55 heavy (non-hydrogen) atoms. The first-order chi connectivity index (χ1) is 26.5. The molecular formula is C41H44N8O6. The summed E-state index contributed by atoms with van der Waals surface area (Å²) in [7, 11) is 0. The molecule has 3 aromatic heterocycles. The van der Waals surface area contributed by atoms with Gasteiger partial charge in [-0.25, -0.2) is 0 Å². The number of fused-ring (bicyclic) bond motifs is 1. The van der Waals surface area contributed by atoms with Gasteiger partial charge in [0.15, 0.2) is 11.5 Å². The van der Waals surface area contributed by atoms with Crippen molar-refractivity contribution in [3.8, 4) is 33.9 Å². The second kappa shape index (κ2) is 15.5. The highest BCUT2D eigenvalue weighted by Gasteiger charge is 2.28. The fourth-order valence-corrected chi connectivity index (χ4v) is 7.12.